The summed E-state index contributed by atoms with van der Waals surface area (Å²) in [5, 5.41) is 20.2. The van der Waals surface area contributed by atoms with Gasteiger partial charge in [0.1, 0.15) is 12.2 Å². The Morgan fingerprint density at radius 3 is 1.47 bits per heavy atom. The first-order valence-corrected chi connectivity index (χ1v) is 14.9. The molecule has 230 valence electrons. The summed E-state index contributed by atoms with van der Waals surface area (Å²) in [6.45, 7) is 19.6. The number of aliphatic hydroxyl groups excluding tert-OH is 2. The molecule has 2 aliphatic rings. The normalized spacial score (nSPS) is 24.6. The van der Waals surface area contributed by atoms with Crippen molar-refractivity contribution in [2.75, 3.05) is 0 Å². The Labute approximate surface area is 259 Å². The van der Waals surface area contributed by atoms with E-state index in [1.54, 1.807) is 13.8 Å². The molecule has 0 aromatic heterocycles. The first-order chi connectivity index (χ1) is 20.0. The van der Waals surface area contributed by atoms with Crippen molar-refractivity contribution in [2.24, 2.45) is 10.8 Å². The second kappa shape index (κ2) is 15.2. The minimum atomic E-state index is -0.977. The van der Waals surface area contributed by atoms with Crippen LogP contribution in [0.25, 0.3) is 0 Å². The fourth-order valence-corrected chi connectivity index (χ4v) is 5.33. The van der Waals surface area contributed by atoms with E-state index in [2.05, 4.69) is 26.0 Å². The third-order valence-corrected chi connectivity index (χ3v) is 8.20. The molecule has 0 saturated heterocycles. The van der Waals surface area contributed by atoms with Gasteiger partial charge in [-0.05, 0) is 75.7 Å². The van der Waals surface area contributed by atoms with Gasteiger partial charge in [-0.1, -0.05) is 135 Å². The largest absolute Gasteiger partial charge is 0.385 e. The summed E-state index contributed by atoms with van der Waals surface area (Å²) >= 11 is 0. The molecule has 43 heavy (non-hydrogen) atoms. The molecule has 4 heteroatoms. The van der Waals surface area contributed by atoms with Crippen molar-refractivity contribution in [3.63, 3.8) is 0 Å². The predicted molar refractivity (Wildman–Crippen MR) is 180 cm³/mol. The summed E-state index contributed by atoms with van der Waals surface area (Å²) in [6, 6.07) is 0. The molecule has 0 fully saturated rings. The predicted octanol–water partition coefficient (Wildman–Crippen LogP) is 8.52. The van der Waals surface area contributed by atoms with Crippen molar-refractivity contribution in [2.45, 2.75) is 87.9 Å². The standard InChI is InChI=1S/C39H50O4/c1-26(17-13-19-28(3)21-23-32-30(5)35(41)34(40)25-38(32,7)8)15-11-12-16-27(2)18-14-20-29(4)22-24-33-31(6)36(42)37(43)39(33,9)10/h11-24,34,37,40,43H,25H2,1-10H3. The van der Waals surface area contributed by atoms with E-state index in [4.69, 9.17) is 0 Å². The molecule has 0 radical (unpaired) electrons. The third kappa shape index (κ3) is 9.71. The molecule has 0 bridgehead atoms. The molecular formula is C39H50O4. The summed E-state index contributed by atoms with van der Waals surface area (Å²) in [6.07, 6.45) is 26.8. The second-order valence-corrected chi connectivity index (χ2v) is 12.9. The number of hydrogen-bond acceptors (Lipinski definition) is 4. The highest BCUT2D eigenvalue weighted by Gasteiger charge is 2.44. The van der Waals surface area contributed by atoms with E-state index in [9.17, 15) is 19.8 Å². The van der Waals surface area contributed by atoms with Crippen molar-refractivity contribution in [1.82, 2.24) is 0 Å². The first kappa shape index (κ1) is 35.6. The highest BCUT2D eigenvalue weighted by atomic mass is 16.3. The van der Waals surface area contributed by atoms with Crippen LogP contribution in [-0.2, 0) is 9.59 Å². The number of hydrogen-bond donors (Lipinski definition) is 2. The fraction of sp³-hybridized carbons (Fsp3) is 0.385. The second-order valence-electron chi connectivity index (χ2n) is 12.9. The van der Waals surface area contributed by atoms with Gasteiger partial charge in [0.15, 0.2) is 11.6 Å². The molecule has 0 aromatic carbocycles. The van der Waals surface area contributed by atoms with E-state index in [0.717, 1.165) is 33.4 Å². The quantitative estimate of drug-likeness (QED) is 0.253. The molecule has 2 aliphatic carbocycles. The maximum atomic E-state index is 12.2. The van der Waals surface area contributed by atoms with Crippen LogP contribution in [0.5, 0.6) is 0 Å². The van der Waals surface area contributed by atoms with Crippen LogP contribution >= 0.6 is 0 Å². The summed E-state index contributed by atoms with van der Waals surface area (Å²) < 4.78 is 0. The van der Waals surface area contributed by atoms with Gasteiger partial charge in [-0.3, -0.25) is 9.59 Å². The van der Waals surface area contributed by atoms with Crippen LogP contribution in [0.2, 0.25) is 0 Å². The Balaban J connectivity index is 1.94. The Hall–Kier alpha value is -3.60. The van der Waals surface area contributed by atoms with Gasteiger partial charge in [0.05, 0.1) is 0 Å². The zero-order chi connectivity index (χ0) is 32.5. The monoisotopic (exact) mass is 582 g/mol. The summed E-state index contributed by atoms with van der Waals surface area (Å²) in [4.78, 5) is 24.4. The van der Waals surface area contributed by atoms with Crippen LogP contribution < -0.4 is 0 Å². The average Bonchev–Trinajstić information content (AvgIpc) is 3.06. The Morgan fingerprint density at radius 2 is 1.02 bits per heavy atom. The van der Waals surface area contributed by atoms with E-state index in [-0.39, 0.29) is 17.0 Å². The lowest BCUT2D eigenvalue weighted by Gasteiger charge is -2.34. The van der Waals surface area contributed by atoms with Crippen molar-refractivity contribution in [3.8, 4) is 0 Å². The molecular weight excluding hydrogens is 532 g/mol. The first-order valence-electron chi connectivity index (χ1n) is 14.9. The van der Waals surface area contributed by atoms with Gasteiger partial charge in [0.25, 0.3) is 0 Å². The van der Waals surface area contributed by atoms with Gasteiger partial charge >= 0.3 is 0 Å². The average molecular weight is 583 g/mol. The SMILES string of the molecule is CC(C=CC=C(C)C=CC1=C(C)C(=O)C(O)CC1(C)C)=CC=CC=C(C)C=CC=C(C)C=CC1=C(C)C(=O)C(O)C1(C)C. The van der Waals surface area contributed by atoms with Crippen molar-refractivity contribution < 1.29 is 19.8 Å². The number of allylic oxidation sites excluding steroid dienone is 19. The van der Waals surface area contributed by atoms with Gasteiger partial charge in [0, 0.05) is 5.41 Å². The molecule has 0 aromatic rings. The Bertz CT molecular complexity index is 1440. The molecule has 0 amide bonds. The number of rotatable bonds is 10. The molecule has 2 unspecified atom stereocenters. The van der Waals surface area contributed by atoms with E-state index in [0.29, 0.717) is 17.6 Å². The minimum absolute atomic E-state index is 0.176. The van der Waals surface area contributed by atoms with Gasteiger partial charge in [-0.25, -0.2) is 0 Å². The van der Waals surface area contributed by atoms with Crippen LogP contribution in [0, 0.1) is 10.8 Å². The summed E-state index contributed by atoms with van der Waals surface area (Å²) in [5.41, 5.74) is 6.69. The van der Waals surface area contributed by atoms with E-state index in [1.807, 2.05) is 114 Å². The zero-order valence-corrected chi connectivity index (χ0v) is 27.7. The smallest absolute Gasteiger partial charge is 0.188 e. The van der Waals surface area contributed by atoms with Crippen LogP contribution in [0.15, 0.2) is 130 Å². The van der Waals surface area contributed by atoms with Gasteiger partial charge < -0.3 is 10.2 Å². The molecule has 0 saturated carbocycles. The van der Waals surface area contributed by atoms with Gasteiger partial charge in [-0.2, -0.15) is 0 Å². The Kier molecular flexibility index (Phi) is 12.6. The molecule has 2 N–H and O–H groups in total. The topological polar surface area (TPSA) is 74.6 Å². The zero-order valence-electron chi connectivity index (χ0n) is 27.7. The molecule has 0 spiro atoms. The molecule has 2 atom stereocenters. The van der Waals surface area contributed by atoms with E-state index >= 15 is 0 Å². The Morgan fingerprint density at radius 1 is 0.628 bits per heavy atom. The number of ketones is 2. The highest BCUT2D eigenvalue weighted by Crippen LogP contribution is 2.41. The third-order valence-electron chi connectivity index (χ3n) is 8.20. The van der Waals surface area contributed by atoms with Crippen LogP contribution in [-0.4, -0.2) is 34.0 Å². The molecule has 2 rings (SSSR count). The van der Waals surface area contributed by atoms with Crippen molar-refractivity contribution >= 4 is 11.6 Å². The van der Waals surface area contributed by atoms with Crippen LogP contribution in [0.4, 0.5) is 0 Å². The highest BCUT2D eigenvalue weighted by molar-refractivity contribution is 6.03. The van der Waals surface area contributed by atoms with Gasteiger partial charge in [-0.15, -0.1) is 0 Å². The molecule has 0 heterocycles. The van der Waals surface area contributed by atoms with Crippen molar-refractivity contribution in [1.29, 1.82) is 0 Å². The fourth-order valence-electron chi connectivity index (χ4n) is 5.33. The lowest BCUT2D eigenvalue weighted by Crippen LogP contribution is -2.35. The van der Waals surface area contributed by atoms with Gasteiger partial charge in [0.2, 0.25) is 0 Å². The van der Waals surface area contributed by atoms with Crippen LogP contribution in [0.3, 0.4) is 0 Å². The minimum Gasteiger partial charge on any atom is -0.385 e. The van der Waals surface area contributed by atoms with E-state index < -0.39 is 17.6 Å². The maximum absolute atomic E-state index is 12.2. The van der Waals surface area contributed by atoms with Crippen LogP contribution in [0.1, 0.15) is 75.7 Å². The lowest BCUT2D eigenvalue weighted by molar-refractivity contribution is -0.126. The number of aliphatic hydroxyl groups is 2. The summed E-state index contributed by atoms with van der Waals surface area (Å²) in [5.74, 6) is -0.364. The van der Waals surface area contributed by atoms with E-state index in [1.165, 1.54) is 0 Å². The lowest BCUT2D eigenvalue weighted by atomic mass is 9.71. The molecule has 0 aliphatic heterocycles. The number of carbonyl (C=O) groups excluding carboxylic acids is 2. The number of carbonyl (C=O) groups is 2. The number of Topliss-reactive ketones (excluding diaryl/α,β-unsaturated/α-hetero) is 2. The van der Waals surface area contributed by atoms with Crippen molar-refractivity contribution in [3.05, 3.63) is 130 Å². The molecule has 4 nitrogen and oxygen atoms in total. The summed E-state index contributed by atoms with van der Waals surface area (Å²) in [7, 11) is 0. The maximum Gasteiger partial charge on any atom is 0.188 e.